The summed E-state index contributed by atoms with van der Waals surface area (Å²) in [6.07, 6.45) is 0. The molecule has 0 atom stereocenters. The van der Waals surface area contributed by atoms with Crippen molar-refractivity contribution in [2.24, 2.45) is 0 Å². The number of carbonyl (C=O) groups excluding carboxylic acids is 2. The molecule has 6 nitrogen and oxygen atoms in total. The zero-order valence-electron chi connectivity index (χ0n) is 13.8. The van der Waals surface area contributed by atoms with E-state index in [9.17, 15) is 9.59 Å². The molecule has 1 N–H and O–H groups in total. The van der Waals surface area contributed by atoms with Crippen molar-refractivity contribution in [1.82, 2.24) is 4.98 Å². The number of fused-ring (bicyclic) bond motifs is 1. The first-order valence-electron chi connectivity index (χ1n) is 7.71. The fraction of sp³-hybridized carbons (Fsp3) is 0.167. The Hall–Kier alpha value is -2.64. The number of ether oxygens (including phenoxy) is 2. The van der Waals surface area contributed by atoms with Gasteiger partial charge in [0.2, 0.25) is 0 Å². The number of benzene rings is 2. The molecular formula is C18H15ClN2O4S. The molecule has 0 aliphatic carbocycles. The SMILES string of the molecule is Cc1cc(OCC(=O)OCC(=O)Nc2nc3ccccc3s2)ccc1Cl. The topological polar surface area (TPSA) is 77.5 Å². The summed E-state index contributed by atoms with van der Waals surface area (Å²) < 4.78 is 11.2. The Morgan fingerprint density at radius 1 is 1.19 bits per heavy atom. The first kappa shape index (κ1) is 18.2. The maximum atomic E-state index is 11.9. The van der Waals surface area contributed by atoms with Gasteiger partial charge in [0, 0.05) is 5.02 Å². The van der Waals surface area contributed by atoms with Gasteiger partial charge in [0.1, 0.15) is 5.75 Å². The zero-order valence-corrected chi connectivity index (χ0v) is 15.4. The molecule has 0 saturated heterocycles. The van der Waals surface area contributed by atoms with Crippen LogP contribution < -0.4 is 10.1 Å². The summed E-state index contributed by atoms with van der Waals surface area (Å²) in [5.74, 6) is -0.598. The molecule has 0 aliphatic rings. The number of halogens is 1. The van der Waals surface area contributed by atoms with Crippen molar-refractivity contribution in [3.63, 3.8) is 0 Å². The van der Waals surface area contributed by atoms with Crippen molar-refractivity contribution in [2.75, 3.05) is 18.5 Å². The van der Waals surface area contributed by atoms with Crippen LogP contribution in [-0.4, -0.2) is 30.1 Å². The first-order valence-corrected chi connectivity index (χ1v) is 8.91. The average Bonchev–Trinajstić information content (AvgIpc) is 3.03. The van der Waals surface area contributed by atoms with Gasteiger partial charge >= 0.3 is 5.97 Å². The molecule has 1 heterocycles. The summed E-state index contributed by atoms with van der Waals surface area (Å²) in [5, 5.41) is 3.69. The molecule has 1 amide bonds. The molecule has 0 fully saturated rings. The van der Waals surface area contributed by atoms with Gasteiger partial charge in [0.15, 0.2) is 18.3 Å². The Labute approximate surface area is 158 Å². The van der Waals surface area contributed by atoms with Gasteiger partial charge in [-0.1, -0.05) is 35.1 Å². The van der Waals surface area contributed by atoms with E-state index >= 15 is 0 Å². The molecule has 3 rings (SSSR count). The van der Waals surface area contributed by atoms with Crippen LogP contribution in [0, 0.1) is 6.92 Å². The van der Waals surface area contributed by atoms with Gasteiger partial charge in [-0.3, -0.25) is 10.1 Å². The second kappa shape index (κ2) is 8.16. The van der Waals surface area contributed by atoms with Gasteiger partial charge < -0.3 is 9.47 Å². The van der Waals surface area contributed by atoms with Crippen LogP contribution in [0.25, 0.3) is 10.2 Å². The van der Waals surface area contributed by atoms with Crippen molar-refractivity contribution in [2.45, 2.75) is 6.92 Å². The van der Waals surface area contributed by atoms with E-state index in [-0.39, 0.29) is 6.61 Å². The van der Waals surface area contributed by atoms with E-state index in [0.717, 1.165) is 15.8 Å². The first-order chi connectivity index (χ1) is 12.5. The van der Waals surface area contributed by atoms with Crippen molar-refractivity contribution < 1.29 is 19.1 Å². The zero-order chi connectivity index (χ0) is 18.5. The maximum absolute atomic E-state index is 11.9. The molecule has 0 radical (unpaired) electrons. The highest BCUT2D eigenvalue weighted by molar-refractivity contribution is 7.22. The normalized spacial score (nSPS) is 10.5. The predicted molar refractivity (Wildman–Crippen MR) is 101 cm³/mol. The lowest BCUT2D eigenvalue weighted by Gasteiger charge is -2.08. The van der Waals surface area contributed by atoms with Crippen LogP contribution in [0.3, 0.4) is 0 Å². The van der Waals surface area contributed by atoms with Gasteiger partial charge in [0.05, 0.1) is 10.2 Å². The number of esters is 1. The number of para-hydroxylation sites is 1. The number of nitrogens with zero attached hydrogens (tertiary/aromatic N) is 1. The van der Waals surface area contributed by atoms with Gasteiger partial charge in [-0.05, 0) is 42.8 Å². The Kier molecular flexibility index (Phi) is 5.70. The molecule has 0 bridgehead atoms. The number of anilines is 1. The van der Waals surface area contributed by atoms with E-state index in [4.69, 9.17) is 21.1 Å². The summed E-state index contributed by atoms with van der Waals surface area (Å²) >= 11 is 7.28. The van der Waals surface area contributed by atoms with E-state index in [1.54, 1.807) is 18.2 Å². The Morgan fingerprint density at radius 2 is 2.00 bits per heavy atom. The van der Waals surface area contributed by atoms with Crippen LogP contribution in [0.15, 0.2) is 42.5 Å². The minimum absolute atomic E-state index is 0.296. The van der Waals surface area contributed by atoms with Gasteiger partial charge in [-0.25, -0.2) is 9.78 Å². The number of amides is 1. The Bertz CT molecular complexity index is 924. The van der Waals surface area contributed by atoms with Crippen LogP contribution in [0.4, 0.5) is 5.13 Å². The molecular weight excluding hydrogens is 376 g/mol. The summed E-state index contributed by atoms with van der Waals surface area (Å²) in [6.45, 7) is 1.13. The van der Waals surface area contributed by atoms with Crippen molar-refractivity contribution in [1.29, 1.82) is 0 Å². The fourth-order valence-electron chi connectivity index (χ4n) is 2.12. The highest BCUT2D eigenvalue weighted by atomic mass is 35.5. The number of aryl methyl sites for hydroxylation is 1. The Balaban J connectivity index is 1.44. The lowest BCUT2D eigenvalue weighted by atomic mass is 10.2. The quantitative estimate of drug-likeness (QED) is 0.647. The number of hydrogen-bond donors (Lipinski definition) is 1. The third-order valence-corrected chi connectivity index (χ3v) is 4.77. The Morgan fingerprint density at radius 3 is 2.77 bits per heavy atom. The number of nitrogens with one attached hydrogen (secondary N) is 1. The van der Waals surface area contributed by atoms with E-state index in [1.165, 1.54) is 11.3 Å². The van der Waals surface area contributed by atoms with Crippen LogP contribution in [0.1, 0.15) is 5.56 Å². The number of carbonyl (C=O) groups is 2. The highest BCUT2D eigenvalue weighted by Gasteiger charge is 2.11. The predicted octanol–water partition coefficient (Wildman–Crippen LogP) is 3.82. The van der Waals surface area contributed by atoms with Crippen molar-refractivity contribution in [3.8, 4) is 5.75 Å². The minimum Gasteiger partial charge on any atom is -0.482 e. The average molecular weight is 391 g/mol. The third kappa shape index (κ3) is 4.71. The summed E-state index contributed by atoms with van der Waals surface area (Å²) in [6, 6.07) is 12.6. The van der Waals surface area contributed by atoms with E-state index in [1.807, 2.05) is 31.2 Å². The summed E-state index contributed by atoms with van der Waals surface area (Å²) in [4.78, 5) is 27.9. The van der Waals surface area contributed by atoms with E-state index in [0.29, 0.717) is 15.9 Å². The second-order valence-corrected chi connectivity index (χ2v) is 6.83. The number of aromatic nitrogens is 1. The van der Waals surface area contributed by atoms with Gasteiger partial charge in [0.25, 0.3) is 5.91 Å². The molecule has 26 heavy (non-hydrogen) atoms. The summed E-state index contributed by atoms with van der Waals surface area (Å²) in [7, 11) is 0. The standard InChI is InChI=1S/C18H15ClN2O4S/c1-11-8-12(6-7-13(11)19)24-10-17(23)25-9-16(22)21-18-20-14-4-2-3-5-15(14)26-18/h2-8H,9-10H2,1H3,(H,20,21,22). The molecule has 3 aromatic rings. The number of thiazole rings is 1. The van der Waals surface area contributed by atoms with Gasteiger partial charge in [-0.2, -0.15) is 0 Å². The summed E-state index contributed by atoms with van der Waals surface area (Å²) in [5.41, 5.74) is 1.64. The molecule has 1 aromatic heterocycles. The van der Waals surface area contributed by atoms with Crippen molar-refractivity contribution in [3.05, 3.63) is 53.1 Å². The highest BCUT2D eigenvalue weighted by Crippen LogP contribution is 2.25. The molecule has 0 aliphatic heterocycles. The van der Waals surface area contributed by atoms with E-state index in [2.05, 4.69) is 10.3 Å². The third-order valence-electron chi connectivity index (χ3n) is 3.39. The number of hydrogen-bond acceptors (Lipinski definition) is 6. The number of rotatable bonds is 6. The van der Waals surface area contributed by atoms with Crippen LogP contribution in [-0.2, 0) is 14.3 Å². The van der Waals surface area contributed by atoms with Crippen LogP contribution >= 0.6 is 22.9 Å². The lowest BCUT2D eigenvalue weighted by Crippen LogP contribution is -2.23. The molecule has 134 valence electrons. The van der Waals surface area contributed by atoms with Crippen LogP contribution in [0.2, 0.25) is 5.02 Å². The smallest absolute Gasteiger partial charge is 0.344 e. The fourth-order valence-corrected chi connectivity index (χ4v) is 3.12. The maximum Gasteiger partial charge on any atom is 0.344 e. The monoisotopic (exact) mass is 390 g/mol. The molecule has 0 saturated carbocycles. The van der Waals surface area contributed by atoms with Crippen LogP contribution in [0.5, 0.6) is 5.75 Å². The molecule has 2 aromatic carbocycles. The largest absolute Gasteiger partial charge is 0.482 e. The van der Waals surface area contributed by atoms with Gasteiger partial charge in [-0.15, -0.1) is 0 Å². The lowest BCUT2D eigenvalue weighted by molar-refractivity contribution is -0.149. The van der Waals surface area contributed by atoms with Crippen molar-refractivity contribution >= 4 is 50.2 Å². The molecule has 8 heteroatoms. The second-order valence-electron chi connectivity index (χ2n) is 5.40. The van der Waals surface area contributed by atoms with E-state index < -0.39 is 18.5 Å². The minimum atomic E-state index is -0.642. The molecule has 0 spiro atoms. The molecule has 0 unspecified atom stereocenters.